The number of amides is 1. The molecule has 1 amide bonds. The molecule has 2 N–H and O–H groups in total. The van der Waals surface area contributed by atoms with Crippen molar-refractivity contribution in [1.82, 2.24) is 5.32 Å². The van der Waals surface area contributed by atoms with Crippen LogP contribution in [0.15, 0.2) is 54.6 Å². The van der Waals surface area contributed by atoms with Gasteiger partial charge in [-0.25, -0.2) is 0 Å². The molecule has 0 saturated carbocycles. The molecule has 30 heavy (non-hydrogen) atoms. The molecule has 0 aliphatic rings. The number of carbonyl (C=O) groups excluding carboxylic acids is 1. The lowest BCUT2D eigenvalue weighted by Crippen LogP contribution is -2.24. The van der Waals surface area contributed by atoms with Gasteiger partial charge in [0.05, 0.1) is 12.2 Å². The van der Waals surface area contributed by atoms with E-state index in [0.717, 1.165) is 24.2 Å². The lowest BCUT2D eigenvalue weighted by molar-refractivity contribution is 0.0953. The molecule has 0 aliphatic carbocycles. The van der Waals surface area contributed by atoms with Crippen molar-refractivity contribution >= 4 is 11.6 Å². The van der Waals surface area contributed by atoms with Gasteiger partial charge in [0.1, 0.15) is 0 Å². The summed E-state index contributed by atoms with van der Waals surface area (Å²) in [5.41, 5.74) is 2.36. The molecule has 0 atom stereocenters. The lowest BCUT2D eigenvalue weighted by Gasteiger charge is -2.17. The fourth-order valence-corrected chi connectivity index (χ4v) is 3.54. The second-order valence-electron chi connectivity index (χ2n) is 8.03. The van der Waals surface area contributed by atoms with E-state index in [2.05, 4.69) is 12.2 Å². The van der Waals surface area contributed by atoms with Crippen LogP contribution >= 0.6 is 0 Å². The molecule has 0 bridgehead atoms. The predicted octanol–water partition coefficient (Wildman–Crippen LogP) is 6.73. The van der Waals surface area contributed by atoms with Crippen molar-refractivity contribution in [2.45, 2.75) is 77.7 Å². The van der Waals surface area contributed by atoms with Crippen molar-refractivity contribution in [2.24, 2.45) is 0 Å². The maximum Gasteiger partial charge on any atom is 0.251 e. The molecule has 0 aromatic heterocycles. The van der Waals surface area contributed by atoms with Crippen LogP contribution in [0.1, 0.15) is 87.1 Å². The summed E-state index contributed by atoms with van der Waals surface area (Å²) in [7, 11) is 0. The first-order valence-corrected chi connectivity index (χ1v) is 11.6. The summed E-state index contributed by atoms with van der Waals surface area (Å²) in [6, 6.07) is 16.8. The van der Waals surface area contributed by atoms with Gasteiger partial charge in [-0.3, -0.25) is 15.1 Å². The molecule has 164 valence electrons. The zero-order valence-corrected chi connectivity index (χ0v) is 18.5. The topological polar surface area (TPSA) is 52.6 Å². The summed E-state index contributed by atoms with van der Waals surface area (Å²) in [4.78, 5) is 12.3. The molecule has 0 unspecified atom stereocenters. The molecule has 0 aliphatic heterocycles. The van der Waals surface area contributed by atoms with E-state index in [-0.39, 0.29) is 5.91 Å². The Morgan fingerprint density at radius 2 is 1.37 bits per heavy atom. The van der Waals surface area contributed by atoms with E-state index in [1.54, 1.807) is 0 Å². The molecule has 2 aromatic carbocycles. The summed E-state index contributed by atoms with van der Waals surface area (Å²) < 4.78 is 0. The van der Waals surface area contributed by atoms with E-state index < -0.39 is 0 Å². The van der Waals surface area contributed by atoms with E-state index in [9.17, 15) is 10.0 Å². The molecule has 4 heteroatoms. The van der Waals surface area contributed by atoms with Crippen molar-refractivity contribution in [2.75, 3.05) is 11.6 Å². The van der Waals surface area contributed by atoms with Gasteiger partial charge in [0.15, 0.2) is 0 Å². The number of anilines is 1. The standard InChI is InChI=1S/C26H38N2O2/c1-2-3-4-5-6-7-8-9-10-14-21-27-26(29)24-19-17-23(18-20-24)22-28(30)25-15-12-11-13-16-25/h11-13,15-20,30H,2-10,14,21-22H2,1H3,(H,27,29). The Labute approximate surface area is 182 Å². The van der Waals surface area contributed by atoms with Gasteiger partial charge in [0, 0.05) is 12.1 Å². The van der Waals surface area contributed by atoms with E-state index in [1.807, 2.05) is 54.6 Å². The second-order valence-corrected chi connectivity index (χ2v) is 8.03. The van der Waals surface area contributed by atoms with E-state index >= 15 is 0 Å². The minimum Gasteiger partial charge on any atom is -0.352 e. The highest BCUT2D eigenvalue weighted by atomic mass is 16.5. The highest BCUT2D eigenvalue weighted by Crippen LogP contribution is 2.15. The zero-order chi connectivity index (χ0) is 21.4. The van der Waals surface area contributed by atoms with Crippen LogP contribution in [0, 0.1) is 0 Å². The van der Waals surface area contributed by atoms with Crippen molar-refractivity contribution in [3.63, 3.8) is 0 Å². The van der Waals surface area contributed by atoms with E-state index in [1.165, 1.54) is 62.9 Å². The van der Waals surface area contributed by atoms with Gasteiger partial charge in [0.2, 0.25) is 0 Å². The molecule has 0 fully saturated rings. The van der Waals surface area contributed by atoms with Gasteiger partial charge in [0.25, 0.3) is 5.91 Å². The fourth-order valence-electron chi connectivity index (χ4n) is 3.54. The van der Waals surface area contributed by atoms with Crippen LogP contribution in [0.3, 0.4) is 0 Å². The van der Waals surface area contributed by atoms with Gasteiger partial charge in [-0.05, 0) is 36.2 Å². The Morgan fingerprint density at radius 1 is 0.800 bits per heavy atom. The normalized spacial score (nSPS) is 10.7. The van der Waals surface area contributed by atoms with Crippen LogP contribution < -0.4 is 10.4 Å². The van der Waals surface area contributed by atoms with Crippen LogP contribution in [-0.2, 0) is 6.54 Å². The summed E-state index contributed by atoms with van der Waals surface area (Å²) in [6.45, 7) is 3.37. The first-order valence-electron chi connectivity index (χ1n) is 11.6. The number of hydrogen-bond donors (Lipinski definition) is 2. The number of nitrogens with zero attached hydrogens (tertiary/aromatic N) is 1. The predicted molar refractivity (Wildman–Crippen MR) is 125 cm³/mol. The summed E-state index contributed by atoms with van der Waals surface area (Å²) >= 11 is 0. The first kappa shape index (κ1) is 23.9. The summed E-state index contributed by atoms with van der Waals surface area (Å²) in [5.74, 6) is -0.0265. The molecule has 0 heterocycles. The van der Waals surface area contributed by atoms with Crippen molar-refractivity contribution in [1.29, 1.82) is 0 Å². The van der Waals surface area contributed by atoms with Crippen LogP contribution in [0.25, 0.3) is 0 Å². The third kappa shape index (κ3) is 9.45. The Balaban J connectivity index is 1.57. The Kier molecular flexibility index (Phi) is 11.7. The number of unbranched alkanes of at least 4 members (excludes halogenated alkanes) is 9. The smallest absolute Gasteiger partial charge is 0.251 e. The average molecular weight is 411 g/mol. The monoisotopic (exact) mass is 410 g/mol. The zero-order valence-electron chi connectivity index (χ0n) is 18.5. The Hall–Kier alpha value is -2.33. The maximum absolute atomic E-state index is 12.3. The largest absolute Gasteiger partial charge is 0.352 e. The summed E-state index contributed by atoms with van der Waals surface area (Å²) in [5, 5.41) is 14.4. The van der Waals surface area contributed by atoms with Gasteiger partial charge < -0.3 is 5.32 Å². The van der Waals surface area contributed by atoms with Crippen LogP contribution in [0.5, 0.6) is 0 Å². The number of rotatable bonds is 15. The third-order valence-electron chi connectivity index (χ3n) is 5.42. The van der Waals surface area contributed by atoms with Gasteiger partial charge in [-0.15, -0.1) is 0 Å². The lowest BCUT2D eigenvalue weighted by atomic mass is 10.1. The van der Waals surface area contributed by atoms with Gasteiger partial charge in [-0.2, -0.15) is 0 Å². The Morgan fingerprint density at radius 3 is 1.97 bits per heavy atom. The van der Waals surface area contributed by atoms with Crippen LogP contribution in [0.4, 0.5) is 5.69 Å². The van der Waals surface area contributed by atoms with Crippen molar-refractivity contribution in [3.05, 3.63) is 65.7 Å². The van der Waals surface area contributed by atoms with E-state index in [4.69, 9.17) is 0 Å². The molecule has 0 saturated heterocycles. The molecular formula is C26H38N2O2. The number of hydrogen-bond acceptors (Lipinski definition) is 3. The maximum atomic E-state index is 12.3. The number of nitrogens with one attached hydrogen (secondary N) is 1. The first-order chi connectivity index (χ1) is 14.7. The number of carbonyl (C=O) groups is 1. The highest BCUT2D eigenvalue weighted by molar-refractivity contribution is 5.94. The highest BCUT2D eigenvalue weighted by Gasteiger charge is 2.07. The quantitative estimate of drug-likeness (QED) is 0.253. The fraction of sp³-hybridized carbons (Fsp3) is 0.500. The molecular weight excluding hydrogens is 372 g/mol. The van der Waals surface area contributed by atoms with E-state index in [0.29, 0.717) is 12.1 Å². The van der Waals surface area contributed by atoms with Gasteiger partial charge in [-0.1, -0.05) is 95.0 Å². The van der Waals surface area contributed by atoms with Crippen molar-refractivity contribution < 1.29 is 10.0 Å². The summed E-state index contributed by atoms with van der Waals surface area (Å²) in [6.07, 6.45) is 12.9. The molecule has 0 spiro atoms. The van der Waals surface area contributed by atoms with Crippen molar-refractivity contribution in [3.8, 4) is 0 Å². The third-order valence-corrected chi connectivity index (χ3v) is 5.42. The number of hydroxylamine groups is 1. The Bertz CT molecular complexity index is 701. The SMILES string of the molecule is CCCCCCCCCCCCNC(=O)c1ccc(CN(O)c2ccccc2)cc1. The molecule has 2 rings (SSSR count). The molecule has 0 radical (unpaired) electrons. The average Bonchev–Trinajstić information content (AvgIpc) is 2.78. The minimum absolute atomic E-state index is 0.0265. The number of para-hydroxylation sites is 1. The van der Waals surface area contributed by atoms with Crippen LogP contribution in [0.2, 0.25) is 0 Å². The van der Waals surface area contributed by atoms with Crippen LogP contribution in [-0.4, -0.2) is 17.7 Å². The van der Waals surface area contributed by atoms with Gasteiger partial charge >= 0.3 is 0 Å². The molecule has 4 nitrogen and oxygen atoms in total. The second kappa shape index (κ2) is 14.6. The molecule has 2 aromatic rings. The minimum atomic E-state index is -0.0265. The number of benzene rings is 2.